The van der Waals surface area contributed by atoms with Crippen LogP contribution in [-0.2, 0) is 33.6 Å². The summed E-state index contributed by atoms with van der Waals surface area (Å²) in [6, 6.07) is 1.94. The van der Waals surface area contributed by atoms with Gasteiger partial charge < -0.3 is 29.3 Å². The molecule has 1 fully saturated rings. The van der Waals surface area contributed by atoms with Crippen molar-refractivity contribution in [3.8, 4) is 0 Å². The zero-order valence-corrected chi connectivity index (χ0v) is 31.6. The third kappa shape index (κ3) is 9.22. The summed E-state index contributed by atoms with van der Waals surface area (Å²) in [6.45, 7) is 5.11. The zero-order valence-electron chi connectivity index (χ0n) is 28.4. The number of hydrogen-bond donors (Lipinski definition) is 4. The van der Waals surface area contributed by atoms with E-state index in [-0.39, 0.29) is 61.2 Å². The summed E-state index contributed by atoms with van der Waals surface area (Å²) in [5, 5.41) is 27.0. The summed E-state index contributed by atoms with van der Waals surface area (Å²) in [6.07, 6.45) is 0.614. The molecule has 280 valence electrons. The summed E-state index contributed by atoms with van der Waals surface area (Å²) in [7, 11) is 2.43. The number of carboxylic acids is 1. The number of ether oxygens (including phenoxy) is 1. The smallest absolute Gasteiger partial charge is 0.413 e. The van der Waals surface area contributed by atoms with E-state index in [2.05, 4.69) is 36.2 Å². The summed E-state index contributed by atoms with van der Waals surface area (Å²) < 4.78 is 10.3. The van der Waals surface area contributed by atoms with Crippen LogP contribution in [0, 0.1) is 0 Å². The Kier molecular flexibility index (Phi) is 12.2. The Balaban J connectivity index is 1.23. The number of thiazole rings is 2. The molecule has 0 radical (unpaired) electrons. The topological polar surface area (TPSA) is 253 Å². The first kappa shape index (κ1) is 39.0. The van der Waals surface area contributed by atoms with E-state index in [0.717, 1.165) is 39.3 Å². The lowest BCUT2D eigenvalue weighted by atomic mass is 10.0. The van der Waals surface area contributed by atoms with Crippen molar-refractivity contribution in [2.75, 3.05) is 36.4 Å². The molecule has 53 heavy (non-hydrogen) atoms. The molecule has 19 nitrogen and oxygen atoms in total. The number of oxime groups is 2. The maximum atomic E-state index is 13.4. The average Bonchev–Trinajstić information content (AvgIpc) is 3.89. The van der Waals surface area contributed by atoms with Crippen molar-refractivity contribution in [2.45, 2.75) is 37.8 Å². The zero-order chi connectivity index (χ0) is 38.4. The molecule has 4 N–H and O–H groups in total. The molecule has 0 spiro atoms. The summed E-state index contributed by atoms with van der Waals surface area (Å²) >= 11 is 4.03. The first-order chi connectivity index (χ1) is 25.2. The highest BCUT2D eigenvalue weighted by Crippen LogP contribution is 2.41. The second kappa shape index (κ2) is 16.6. The summed E-state index contributed by atoms with van der Waals surface area (Å²) in [5.41, 5.74) is -1.14. The van der Waals surface area contributed by atoms with Crippen LogP contribution in [0.2, 0.25) is 0 Å². The van der Waals surface area contributed by atoms with Crippen molar-refractivity contribution in [2.24, 2.45) is 10.3 Å². The van der Waals surface area contributed by atoms with Crippen LogP contribution in [0.25, 0.3) is 0 Å². The standard InChI is InChI=1S/C30H30N8O11S4/c1-30(2,3)49-29(45)35-28-32-15(12-53-28)18(37-47-5)22(40)34-27-31-14(11-52-27)17(36-46-4)21(39)33-19-23(41)38-20(25(42)43)13(9-50-24(19)38)10-51-26(44)16-7-6-8-48-16/h6-8,11-12,19,24H,9-10H2,1-5H3,(H,33,39)(H,42,43)(H,31,34,40)(H,32,35,45)/b36-17-,37-18+/t19-,24-/m1/s1. The van der Waals surface area contributed by atoms with E-state index < -0.39 is 46.8 Å². The van der Waals surface area contributed by atoms with Gasteiger partial charge in [-0.3, -0.25) is 34.7 Å². The van der Waals surface area contributed by atoms with Gasteiger partial charge in [0.05, 0.1) is 6.26 Å². The number of nitrogens with one attached hydrogen (secondary N) is 3. The molecule has 2 aliphatic heterocycles. The summed E-state index contributed by atoms with van der Waals surface area (Å²) in [5.74, 6) is -3.34. The van der Waals surface area contributed by atoms with Crippen molar-refractivity contribution >= 4 is 103 Å². The SMILES string of the molecule is CO/N=C(\C(=O)N[C@@H]1C(=O)N2C(C(=O)O)=C(CSC(=O)c3ccco3)CS[C@H]12)c1csc(NC(=O)/C(=N/OC)c2csc(NC(=O)OC(C)(C)C)n2)n1. The van der Waals surface area contributed by atoms with Crippen molar-refractivity contribution in [3.05, 3.63) is 57.6 Å². The number of hydrogen-bond acceptors (Lipinski definition) is 18. The summed E-state index contributed by atoms with van der Waals surface area (Å²) in [4.78, 5) is 95.8. The fourth-order valence-electron chi connectivity index (χ4n) is 4.64. The molecule has 4 amide bonds. The molecule has 5 rings (SSSR count). The molecule has 3 aromatic rings. The minimum Gasteiger partial charge on any atom is -0.477 e. The Morgan fingerprint density at radius 2 is 1.64 bits per heavy atom. The van der Waals surface area contributed by atoms with Crippen molar-refractivity contribution in [3.63, 3.8) is 0 Å². The highest BCUT2D eigenvalue weighted by molar-refractivity contribution is 8.14. The number of carbonyl (C=O) groups excluding carboxylic acids is 5. The van der Waals surface area contributed by atoms with Gasteiger partial charge in [-0.15, -0.1) is 34.4 Å². The fraction of sp³-hybridized carbons (Fsp3) is 0.333. The van der Waals surface area contributed by atoms with Crippen molar-refractivity contribution < 1.29 is 52.7 Å². The van der Waals surface area contributed by atoms with Gasteiger partial charge in [-0.25, -0.2) is 19.6 Å². The Labute approximate surface area is 316 Å². The molecule has 0 aliphatic carbocycles. The molecular formula is C30H30N8O11S4. The number of carbonyl (C=O) groups is 6. The first-order valence-corrected chi connectivity index (χ1v) is 18.9. The number of nitrogens with zero attached hydrogens (tertiary/aromatic N) is 5. The van der Waals surface area contributed by atoms with E-state index in [9.17, 15) is 33.9 Å². The monoisotopic (exact) mass is 806 g/mol. The molecule has 2 aliphatic rings. The molecular weight excluding hydrogens is 777 g/mol. The van der Waals surface area contributed by atoms with Gasteiger partial charge >= 0.3 is 12.1 Å². The molecule has 1 saturated heterocycles. The number of thioether (sulfide) groups is 2. The molecule has 0 bridgehead atoms. The van der Waals surface area contributed by atoms with Crippen LogP contribution in [-0.4, -0.2) is 109 Å². The Morgan fingerprint density at radius 3 is 2.21 bits per heavy atom. The van der Waals surface area contributed by atoms with E-state index in [4.69, 9.17) is 18.8 Å². The van der Waals surface area contributed by atoms with Gasteiger partial charge in [0, 0.05) is 22.3 Å². The van der Waals surface area contributed by atoms with Gasteiger partial charge in [-0.1, -0.05) is 22.1 Å². The van der Waals surface area contributed by atoms with E-state index in [1.807, 2.05) is 0 Å². The quantitative estimate of drug-likeness (QED) is 0.110. The van der Waals surface area contributed by atoms with E-state index in [0.29, 0.717) is 5.57 Å². The predicted octanol–water partition coefficient (Wildman–Crippen LogP) is 3.19. The molecule has 0 saturated carbocycles. The van der Waals surface area contributed by atoms with Gasteiger partial charge in [-0.05, 0) is 38.5 Å². The highest BCUT2D eigenvalue weighted by atomic mass is 32.2. The predicted molar refractivity (Wildman–Crippen MR) is 195 cm³/mol. The molecule has 23 heteroatoms. The van der Waals surface area contributed by atoms with Gasteiger partial charge in [0.25, 0.3) is 22.8 Å². The lowest BCUT2D eigenvalue weighted by Gasteiger charge is -2.49. The number of aliphatic carboxylic acids is 1. The highest BCUT2D eigenvalue weighted by Gasteiger charge is 2.54. The van der Waals surface area contributed by atoms with Gasteiger partial charge in [-0.2, -0.15) is 0 Å². The number of amides is 4. The minimum absolute atomic E-state index is 0.0148. The van der Waals surface area contributed by atoms with Crippen LogP contribution in [0.3, 0.4) is 0 Å². The van der Waals surface area contributed by atoms with Crippen LogP contribution in [0.5, 0.6) is 0 Å². The van der Waals surface area contributed by atoms with Gasteiger partial charge in [0.15, 0.2) is 27.4 Å². The number of rotatable bonds is 13. The molecule has 3 aromatic heterocycles. The normalized spacial score (nSPS) is 17.4. The largest absolute Gasteiger partial charge is 0.477 e. The lowest BCUT2D eigenvalue weighted by Crippen LogP contribution is -2.71. The Morgan fingerprint density at radius 1 is 1.02 bits per heavy atom. The van der Waals surface area contributed by atoms with Crippen LogP contribution in [0.4, 0.5) is 15.1 Å². The minimum atomic E-state index is -1.35. The third-order valence-corrected chi connectivity index (χ3v) is 10.6. The molecule has 0 unspecified atom stereocenters. The molecule has 0 aromatic carbocycles. The van der Waals surface area contributed by atoms with Crippen LogP contribution < -0.4 is 16.0 Å². The second-order valence-electron chi connectivity index (χ2n) is 11.6. The number of anilines is 2. The van der Waals surface area contributed by atoms with E-state index in [1.54, 1.807) is 26.8 Å². The number of aromatic nitrogens is 2. The lowest BCUT2D eigenvalue weighted by molar-refractivity contribution is -0.150. The maximum Gasteiger partial charge on any atom is 0.413 e. The molecule has 2 atom stereocenters. The van der Waals surface area contributed by atoms with Crippen molar-refractivity contribution in [1.29, 1.82) is 0 Å². The van der Waals surface area contributed by atoms with Crippen LogP contribution in [0.1, 0.15) is 42.7 Å². The van der Waals surface area contributed by atoms with E-state index in [1.165, 1.54) is 49.1 Å². The second-order valence-corrected chi connectivity index (χ2v) is 15.3. The van der Waals surface area contributed by atoms with Crippen molar-refractivity contribution in [1.82, 2.24) is 20.2 Å². The Hall–Kier alpha value is -5.26. The first-order valence-electron chi connectivity index (χ1n) is 15.1. The number of furan rings is 1. The van der Waals surface area contributed by atoms with Gasteiger partial charge in [0.2, 0.25) is 0 Å². The maximum absolute atomic E-state index is 13.4. The average molecular weight is 807 g/mol. The van der Waals surface area contributed by atoms with E-state index >= 15 is 0 Å². The number of carboxylic acid groups (broad SMARTS) is 1. The number of fused-ring (bicyclic) bond motifs is 1. The van der Waals surface area contributed by atoms with Crippen LogP contribution >= 0.6 is 46.2 Å². The fourth-order valence-corrected chi connectivity index (χ4v) is 8.29. The van der Waals surface area contributed by atoms with Gasteiger partial charge in [0.1, 0.15) is 48.3 Å². The van der Waals surface area contributed by atoms with Crippen LogP contribution in [0.15, 0.2) is 55.2 Å². The Bertz CT molecular complexity index is 2020. The number of β-lactam (4-membered cyclic amide) rings is 1. The molecule has 5 heterocycles. The third-order valence-electron chi connectivity index (χ3n) is 6.75.